The molecule has 0 unspecified atom stereocenters. The Morgan fingerprint density at radius 3 is 2.43 bits per heavy atom. The number of Topliss-reactive ketones (excluding diaryl/α,β-unsaturated/α-hetero) is 1. The molecule has 1 amide bonds. The highest BCUT2D eigenvalue weighted by Gasteiger charge is 2.16. The predicted octanol–water partition coefficient (Wildman–Crippen LogP) is 4.09. The molecule has 6 heteroatoms. The lowest BCUT2D eigenvalue weighted by Crippen LogP contribution is -2.31. The van der Waals surface area contributed by atoms with Crippen LogP contribution in [0.3, 0.4) is 0 Å². The van der Waals surface area contributed by atoms with Crippen molar-refractivity contribution in [3.05, 3.63) is 83.8 Å². The van der Waals surface area contributed by atoms with Gasteiger partial charge in [-0.25, -0.2) is 9.97 Å². The lowest BCUT2D eigenvalue weighted by Gasteiger charge is -2.20. The summed E-state index contributed by atoms with van der Waals surface area (Å²) < 4.78 is 0. The zero-order chi connectivity index (χ0) is 19.9. The van der Waals surface area contributed by atoms with Crippen molar-refractivity contribution in [1.82, 2.24) is 14.9 Å². The Labute approximate surface area is 164 Å². The van der Waals surface area contributed by atoms with Crippen molar-refractivity contribution in [2.75, 3.05) is 11.9 Å². The quantitative estimate of drug-likeness (QED) is 0.631. The van der Waals surface area contributed by atoms with Crippen LogP contribution in [0.15, 0.2) is 67.0 Å². The van der Waals surface area contributed by atoms with Crippen LogP contribution in [0.5, 0.6) is 0 Å². The van der Waals surface area contributed by atoms with Crippen LogP contribution in [-0.2, 0) is 6.54 Å². The number of carbonyl (C=O) groups excluding carboxylic acids is 2. The van der Waals surface area contributed by atoms with Crippen LogP contribution in [-0.4, -0.2) is 33.1 Å². The number of hydrogen-bond donors (Lipinski definition) is 1. The fraction of sp³-hybridized carbons (Fsp3) is 0.182. The monoisotopic (exact) mass is 374 g/mol. The lowest BCUT2D eigenvalue weighted by molar-refractivity contribution is 0.0746. The highest BCUT2D eigenvalue weighted by atomic mass is 16.2. The number of nitrogens with one attached hydrogen (secondary N) is 1. The van der Waals surface area contributed by atoms with Gasteiger partial charge in [0, 0.05) is 24.3 Å². The van der Waals surface area contributed by atoms with Gasteiger partial charge in [-0.1, -0.05) is 42.5 Å². The lowest BCUT2D eigenvalue weighted by atomic mass is 10.1. The van der Waals surface area contributed by atoms with Crippen LogP contribution in [0, 0.1) is 0 Å². The summed E-state index contributed by atoms with van der Waals surface area (Å²) in [5, 5.41) is 3.10. The Kier molecular flexibility index (Phi) is 6.11. The van der Waals surface area contributed by atoms with E-state index in [1.165, 1.54) is 19.3 Å². The molecule has 1 aromatic heterocycles. The maximum absolute atomic E-state index is 12.7. The first-order valence-corrected chi connectivity index (χ1v) is 9.10. The van der Waals surface area contributed by atoms with E-state index in [4.69, 9.17) is 0 Å². The Balaban J connectivity index is 1.70. The van der Waals surface area contributed by atoms with Gasteiger partial charge in [-0.05, 0) is 31.5 Å². The molecule has 0 radical (unpaired) electrons. The van der Waals surface area contributed by atoms with E-state index in [1.807, 2.05) is 43.3 Å². The minimum absolute atomic E-state index is 0.00579. The van der Waals surface area contributed by atoms with Crippen molar-refractivity contribution >= 4 is 23.2 Å². The topological polar surface area (TPSA) is 75.2 Å². The Hall–Kier alpha value is -3.54. The van der Waals surface area contributed by atoms with Crippen LogP contribution in [0.25, 0.3) is 0 Å². The van der Waals surface area contributed by atoms with Crippen molar-refractivity contribution in [2.24, 2.45) is 0 Å². The van der Waals surface area contributed by atoms with Crippen LogP contribution in [0.4, 0.5) is 11.5 Å². The normalized spacial score (nSPS) is 10.4. The van der Waals surface area contributed by atoms with Crippen LogP contribution in [0.2, 0.25) is 0 Å². The zero-order valence-electron chi connectivity index (χ0n) is 15.9. The first kappa shape index (κ1) is 19.2. The molecular weight excluding hydrogens is 352 g/mol. The molecule has 0 bridgehead atoms. The number of anilines is 2. The summed E-state index contributed by atoms with van der Waals surface area (Å²) in [5.74, 6) is 0.334. The fourth-order valence-electron chi connectivity index (χ4n) is 2.76. The second-order valence-corrected chi connectivity index (χ2v) is 6.35. The van der Waals surface area contributed by atoms with Gasteiger partial charge >= 0.3 is 0 Å². The number of amides is 1. The number of carbonyl (C=O) groups is 2. The smallest absolute Gasteiger partial charge is 0.274 e. The molecule has 1 heterocycles. The highest BCUT2D eigenvalue weighted by molar-refractivity contribution is 5.95. The molecule has 142 valence electrons. The summed E-state index contributed by atoms with van der Waals surface area (Å²) in [5.41, 5.74) is 2.71. The molecule has 2 aromatic carbocycles. The van der Waals surface area contributed by atoms with Gasteiger partial charge in [-0.2, -0.15) is 0 Å². The molecule has 0 aliphatic rings. The molecule has 0 aliphatic heterocycles. The molecule has 0 atom stereocenters. The Morgan fingerprint density at radius 1 is 1.00 bits per heavy atom. The maximum atomic E-state index is 12.7. The molecule has 3 rings (SSSR count). The third kappa shape index (κ3) is 4.79. The third-order valence-corrected chi connectivity index (χ3v) is 4.30. The van der Waals surface area contributed by atoms with Crippen molar-refractivity contribution < 1.29 is 9.59 Å². The number of ketones is 1. The molecule has 0 saturated heterocycles. The molecule has 0 aliphatic carbocycles. The first-order chi connectivity index (χ1) is 13.6. The van der Waals surface area contributed by atoms with Gasteiger partial charge in [0.25, 0.3) is 5.91 Å². The third-order valence-electron chi connectivity index (χ3n) is 4.30. The second-order valence-electron chi connectivity index (χ2n) is 6.35. The van der Waals surface area contributed by atoms with E-state index in [0.717, 1.165) is 11.3 Å². The predicted molar refractivity (Wildman–Crippen MR) is 109 cm³/mol. The van der Waals surface area contributed by atoms with E-state index in [2.05, 4.69) is 15.3 Å². The second kappa shape index (κ2) is 8.90. The molecule has 28 heavy (non-hydrogen) atoms. The molecule has 0 fully saturated rings. The van der Waals surface area contributed by atoms with Crippen molar-refractivity contribution in [3.8, 4) is 0 Å². The maximum Gasteiger partial charge on any atom is 0.274 e. The molecule has 0 saturated carbocycles. The van der Waals surface area contributed by atoms with Gasteiger partial charge in [0.05, 0.1) is 12.4 Å². The number of hydrogen-bond acceptors (Lipinski definition) is 5. The van der Waals surface area contributed by atoms with E-state index >= 15 is 0 Å². The van der Waals surface area contributed by atoms with Gasteiger partial charge in [0.15, 0.2) is 5.78 Å². The Morgan fingerprint density at radius 2 is 1.79 bits per heavy atom. The van der Waals surface area contributed by atoms with Crippen molar-refractivity contribution in [2.45, 2.75) is 20.4 Å². The van der Waals surface area contributed by atoms with Gasteiger partial charge < -0.3 is 10.2 Å². The number of nitrogens with zero attached hydrogens (tertiary/aromatic N) is 3. The largest absolute Gasteiger partial charge is 0.339 e. The average molecular weight is 374 g/mol. The standard InChI is InChI=1S/C22H22N4O2/c1-3-26(15-17-8-5-4-6-9-17)22(28)20-13-24-21(14-23-20)25-19-11-7-10-18(12-19)16(2)27/h4-14H,3,15H2,1-2H3,(H,24,25). The van der Waals surface area contributed by atoms with Gasteiger partial charge in [0.1, 0.15) is 11.5 Å². The van der Waals surface area contributed by atoms with Gasteiger partial charge in [0.2, 0.25) is 0 Å². The number of rotatable bonds is 7. The van der Waals surface area contributed by atoms with Gasteiger partial charge in [-0.3, -0.25) is 9.59 Å². The van der Waals surface area contributed by atoms with Crippen LogP contribution in [0.1, 0.15) is 40.3 Å². The highest BCUT2D eigenvalue weighted by Crippen LogP contribution is 2.16. The van der Waals surface area contributed by atoms with Crippen molar-refractivity contribution in [3.63, 3.8) is 0 Å². The van der Waals surface area contributed by atoms with Crippen LogP contribution >= 0.6 is 0 Å². The zero-order valence-corrected chi connectivity index (χ0v) is 15.9. The van der Waals surface area contributed by atoms with E-state index in [1.54, 1.807) is 23.1 Å². The van der Waals surface area contributed by atoms with E-state index in [-0.39, 0.29) is 11.7 Å². The number of aromatic nitrogens is 2. The fourth-order valence-corrected chi connectivity index (χ4v) is 2.76. The van der Waals surface area contributed by atoms with Crippen LogP contribution < -0.4 is 5.32 Å². The summed E-state index contributed by atoms with van der Waals surface area (Å²) in [6, 6.07) is 17.0. The molecular formula is C22H22N4O2. The molecule has 0 spiro atoms. The summed E-state index contributed by atoms with van der Waals surface area (Å²) in [6.45, 7) is 4.56. The first-order valence-electron chi connectivity index (χ1n) is 9.10. The summed E-state index contributed by atoms with van der Waals surface area (Å²) >= 11 is 0. The molecule has 3 aromatic rings. The van der Waals surface area contributed by atoms with E-state index < -0.39 is 0 Å². The van der Waals surface area contributed by atoms with E-state index in [0.29, 0.717) is 30.2 Å². The Bertz CT molecular complexity index is 956. The number of benzene rings is 2. The average Bonchev–Trinajstić information content (AvgIpc) is 2.73. The summed E-state index contributed by atoms with van der Waals surface area (Å²) in [6.07, 6.45) is 2.98. The molecule has 1 N–H and O–H groups in total. The minimum atomic E-state index is -0.163. The SMILES string of the molecule is CCN(Cc1ccccc1)C(=O)c1cnc(Nc2cccc(C(C)=O)c2)cn1. The molecule has 6 nitrogen and oxygen atoms in total. The van der Waals surface area contributed by atoms with E-state index in [9.17, 15) is 9.59 Å². The van der Waals surface area contributed by atoms with Gasteiger partial charge in [-0.15, -0.1) is 0 Å². The summed E-state index contributed by atoms with van der Waals surface area (Å²) in [4.78, 5) is 34.5. The van der Waals surface area contributed by atoms with Crippen molar-refractivity contribution in [1.29, 1.82) is 0 Å². The summed E-state index contributed by atoms with van der Waals surface area (Å²) in [7, 11) is 0. The minimum Gasteiger partial charge on any atom is -0.339 e.